The molecule has 7 rings (SSSR count). The molecule has 1 aliphatic carbocycles. The Bertz CT molecular complexity index is 2930. The molecule has 0 saturated heterocycles. The van der Waals surface area contributed by atoms with Crippen LogP contribution in [0.25, 0.3) is 0 Å². The second kappa shape index (κ2) is 22.3. The van der Waals surface area contributed by atoms with Crippen LogP contribution in [-0.4, -0.2) is 42.7 Å². The van der Waals surface area contributed by atoms with E-state index in [0.29, 0.717) is 25.7 Å². The molecule has 0 atom stereocenters. The molecule has 0 unspecified atom stereocenters. The van der Waals surface area contributed by atoms with E-state index >= 15 is 0 Å². The zero-order valence-corrected chi connectivity index (χ0v) is 56.2. The Kier molecular flexibility index (Phi) is 17.3. The normalized spacial score (nSPS) is 15.1. The second-order valence-corrected chi connectivity index (χ2v) is 31.0. The molecule has 82 heavy (non-hydrogen) atoms. The van der Waals surface area contributed by atoms with Crippen molar-refractivity contribution in [3.63, 3.8) is 0 Å². The lowest BCUT2D eigenvalue weighted by Crippen LogP contribution is -2.25. The molecule has 0 N–H and O–H groups in total. The fourth-order valence-electron chi connectivity index (χ4n) is 12.5. The Morgan fingerprint density at radius 2 is 0.415 bits per heavy atom. The zero-order valence-electron chi connectivity index (χ0n) is 56.2. The van der Waals surface area contributed by atoms with Crippen molar-refractivity contribution in [1.82, 2.24) is 0 Å². The number of rotatable bonds is 6. The Labute approximate surface area is 497 Å². The van der Waals surface area contributed by atoms with Crippen LogP contribution in [0.5, 0.6) is 34.5 Å². The van der Waals surface area contributed by atoms with Gasteiger partial charge in [0.15, 0.2) is 0 Å². The van der Waals surface area contributed by atoms with Gasteiger partial charge in [0.05, 0.1) is 42.7 Å². The third-order valence-electron chi connectivity index (χ3n) is 17.7. The lowest BCUT2D eigenvalue weighted by Gasteiger charge is -2.34. The third-order valence-corrected chi connectivity index (χ3v) is 17.7. The van der Waals surface area contributed by atoms with Crippen LogP contribution < -0.4 is 28.4 Å². The summed E-state index contributed by atoms with van der Waals surface area (Å²) in [6.07, 6.45) is 2.38. The first-order valence-electron chi connectivity index (χ1n) is 29.9. The average molecular weight is 1110 g/mol. The maximum absolute atomic E-state index is 6.71. The van der Waals surface area contributed by atoms with Crippen LogP contribution in [0, 0.1) is 0 Å². The van der Waals surface area contributed by atoms with Crippen molar-refractivity contribution in [2.45, 2.75) is 221 Å². The maximum atomic E-state index is 6.71. The van der Waals surface area contributed by atoms with Crippen LogP contribution in [0.4, 0.5) is 0 Å². The third kappa shape index (κ3) is 12.5. The van der Waals surface area contributed by atoms with Gasteiger partial charge in [-0.25, -0.2) is 0 Å². The Balaban J connectivity index is 1.71. The van der Waals surface area contributed by atoms with Crippen molar-refractivity contribution in [2.75, 3.05) is 42.7 Å². The van der Waals surface area contributed by atoms with Crippen LogP contribution in [0.3, 0.4) is 0 Å². The summed E-state index contributed by atoms with van der Waals surface area (Å²) in [6.45, 7) is 50.9. The van der Waals surface area contributed by atoms with Crippen molar-refractivity contribution in [3.05, 3.63) is 173 Å². The van der Waals surface area contributed by atoms with Crippen molar-refractivity contribution in [2.24, 2.45) is 0 Å². The lowest BCUT2D eigenvalue weighted by molar-refractivity contribution is 0.388. The first kappa shape index (κ1) is 63.7. The van der Waals surface area contributed by atoms with E-state index < -0.39 is 10.8 Å². The van der Waals surface area contributed by atoms with E-state index in [1.54, 1.807) is 0 Å². The predicted octanol–water partition coefficient (Wildman–Crippen LogP) is 18.9. The number of methoxy groups -OCH3 is 6. The number of hydrogen-bond donors (Lipinski definition) is 0. The molecule has 0 spiro atoms. The van der Waals surface area contributed by atoms with Crippen LogP contribution in [0.1, 0.15) is 252 Å². The van der Waals surface area contributed by atoms with Crippen LogP contribution in [-0.2, 0) is 69.0 Å². The minimum atomic E-state index is -0.479. The van der Waals surface area contributed by atoms with Gasteiger partial charge in [-0.3, -0.25) is 0 Å². The summed E-state index contributed by atoms with van der Waals surface area (Å²) in [7, 11) is 11.0. The standard InChI is InChI=1S/C76H104O6/c1-69(2,3)53-33-45-29-49-37-55(41-59(65(49)79-25)71(7,8)9)75(19,20)57-39-51(67(81-27)61(43-57)73(13,14)15)31-47-35-54(70(4,5)6)36-48(64(47)78-24)32-52-40-58(44-62(68(52)82-28)74(16,17)18)76(21,22)56-38-50(30-46(34-53)63(45)77-23)66(80-26)60(42-56)72(10,11)12/h33-44H,29-32H2,1-28H3. The van der Waals surface area contributed by atoms with Gasteiger partial charge in [-0.05, 0) is 110 Å². The Hall–Kier alpha value is -5.88. The Morgan fingerprint density at radius 1 is 0.244 bits per heavy atom. The van der Waals surface area contributed by atoms with Gasteiger partial charge in [0.2, 0.25) is 0 Å². The number of ether oxygens (including phenoxy) is 6. The molecule has 0 aromatic heterocycles. The molecule has 0 amide bonds. The lowest BCUT2D eigenvalue weighted by atomic mass is 9.71. The number of hydrogen-bond acceptors (Lipinski definition) is 6. The molecule has 444 valence electrons. The van der Waals surface area contributed by atoms with Gasteiger partial charge in [0.1, 0.15) is 34.5 Å². The minimum absolute atomic E-state index is 0.167. The van der Waals surface area contributed by atoms with E-state index in [2.05, 4.69) is 225 Å². The molecule has 0 fully saturated rings. The molecule has 0 heterocycles. The minimum Gasteiger partial charge on any atom is -0.496 e. The van der Waals surface area contributed by atoms with Crippen LogP contribution in [0.15, 0.2) is 72.8 Å². The quantitative estimate of drug-likeness (QED) is 0.166. The summed E-state index contributed by atoms with van der Waals surface area (Å²) >= 11 is 0. The first-order valence-corrected chi connectivity index (χ1v) is 29.9. The number of benzene rings is 6. The van der Waals surface area contributed by atoms with E-state index in [4.69, 9.17) is 28.4 Å². The summed E-state index contributed by atoms with van der Waals surface area (Å²) in [6, 6.07) is 28.8. The maximum Gasteiger partial charge on any atom is 0.126 e. The van der Waals surface area contributed by atoms with Gasteiger partial charge in [0, 0.05) is 58.8 Å². The fraction of sp³-hybridized carbons (Fsp3) is 0.526. The highest BCUT2D eigenvalue weighted by Crippen LogP contribution is 2.50. The van der Waals surface area contributed by atoms with Gasteiger partial charge < -0.3 is 28.4 Å². The molecule has 12 bridgehead atoms. The fourth-order valence-corrected chi connectivity index (χ4v) is 12.5. The van der Waals surface area contributed by atoms with Crippen molar-refractivity contribution in [3.8, 4) is 34.5 Å². The smallest absolute Gasteiger partial charge is 0.126 e. The topological polar surface area (TPSA) is 55.4 Å². The molecule has 1 aliphatic rings. The SMILES string of the molecule is COc1c2cc(C(C)(C)C)cc1Cc1cc(cc(C(C)(C)C)c1OC)C(C)(C)c1cc(c(OC)c(C(C)(C)C)c1)Cc1cc(C(C)(C)C)cc(c1OC)Cc1cc(cc(C(C)(C)C)c1OC)C(C)(C)c1cc(c(OC)c(C(C)(C)C)c1)C2. The highest BCUT2D eigenvalue weighted by Gasteiger charge is 2.37. The summed E-state index contributed by atoms with van der Waals surface area (Å²) in [5.41, 5.74) is 18.7. The summed E-state index contributed by atoms with van der Waals surface area (Å²) in [5, 5.41) is 0. The molecular formula is C76H104O6. The van der Waals surface area contributed by atoms with Gasteiger partial charge in [-0.2, -0.15) is 0 Å². The van der Waals surface area contributed by atoms with Crippen LogP contribution in [0.2, 0.25) is 0 Å². The molecule has 0 saturated carbocycles. The predicted molar refractivity (Wildman–Crippen MR) is 346 cm³/mol. The molecular weight excluding hydrogens is 1010 g/mol. The van der Waals surface area contributed by atoms with E-state index in [0.717, 1.165) is 79.0 Å². The number of fused-ring (bicyclic) bond motifs is 12. The van der Waals surface area contributed by atoms with Crippen molar-refractivity contribution in [1.29, 1.82) is 0 Å². The molecule has 6 aromatic carbocycles. The van der Waals surface area contributed by atoms with E-state index in [-0.39, 0.29) is 32.5 Å². The second-order valence-electron chi connectivity index (χ2n) is 31.0. The van der Waals surface area contributed by atoms with Gasteiger partial charge >= 0.3 is 0 Å². The molecule has 6 heteroatoms. The molecule has 6 aromatic rings. The monoisotopic (exact) mass is 1110 g/mol. The summed E-state index contributed by atoms with van der Waals surface area (Å²) in [4.78, 5) is 0. The van der Waals surface area contributed by atoms with Crippen molar-refractivity contribution >= 4 is 0 Å². The van der Waals surface area contributed by atoms with E-state index in [1.165, 1.54) is 55.6 Å². The first-order chi connectivity index (χ1) is 37.6. The summed E-state index contributed by atoms with van der Waals surface area (Å²) < 4.78 is 39.8. The zero-order chi connectivity index (χ0) is 61.4. The van der Waals surface area contributed by atoms with E-state index in [9.17, 15) is 0 Å². The van der Waals surface area contributed by atoms with E-state index in [1.807, 2.05) is 42.7 Å². The largest absolute Gasteiger partial charge is 0.496 e. The van der Waals surface area contributed by atoms with Crippen LogP contribution >= 0.6 is 0 Å². The van der Waals surface area contributed by atoms with Gasteiger partial charge in [-0.15, -0.1) is 0 Å². The van der Waals surface area contributed by atoms with Gasteiger partial charge in [0.25, 0.3) is 0 Å². The summed E-state index contributed by atoms with van der Waals surface area (Å²) in [5.74, 6) is 5.41. The van der Waals surface area contributed by atoms with Gasteiger partial charge in [-0.1, -0.05) is 225 Å². The highest BCUT2D eigenvalue weighted by atomic mass is 16.5. The Morgan fingerprint density at radius 3 is 0.561 bits per heavy atom. The molecule has 6 nitrogen and oxygen atoms in total. The highest BCUT2D eigenvalue weighted by molar-refractivity contribution is 5.63. The molecule has 0 radical (unpaired) electrons. The molecule has 0 aliphatic heterocycles. The average Bonchev–Trinajstić information content (AvgIpc) is 3.54. The van der Waals surface area contributed by atoms with Crippen molar-refractivity contribution < 1.29 is 28.4 Å².